The number of carbonyl (C=O) groups is 14. The van der Waals surface area contributed by atoms with Crippen LogP contribution in [0.3, 0.4) is 0 Å². The highest BCUT2D eigenvalue weighted by Crippen LogP contribution is 2.25. The Bertz CT molecular complexity index is 4510. The lowest BCUT2D eigenvalue weighted by molar-refractivity contribution is -0.142. The summed E-state index contributed by atoms with van der Waals surface area (Å²) in [4.78, 5) is 209. The number of nitrogens with two attached hydrogens (primary N) is 2. The van der Waals surface area contributed by atoms with Crippen LogP contribution >= 0.6 is 21.6 Å². The molecule has 35 nitrogen and oxygen atoms in total. The molecule has 2 fully saturated rings. The second-order valence-electron chi connectivity index (χ2n) is 30.5. The number of hydrogen-bond acceptors (Lipinski definition) is 22. The first-order chi connectivity index (χ1) is 58.5. The van der Waals surface area contributed by atoms with Crippen LogP contribution in [0.2, 0.25) is 0 Å². The Labute approximate surface area is 714 Å². The van der Waals surface area contributed by atoms with E-state index in [4.69, 9.17) is 11.5 Å². The number of aliphatic carboxylic acids is 1. The lowest BCUT2D eigenvalue weighted by Crippen LogP contribution is -2.63. The minimum atomic E-state index is -1.91. The third-order valence-corrected chi connectivity index (χ3v) is 22.9. The summed E-state index contributed by atoms with van der Waals surface area (Å²) >= 11 is 0. The zero-order valence-electron chi connectivity index (χ0n) is 68.4. The number of fused-ring (bicyclic) bond motifs is 15. The number of carbonyl (C=O) groups excluding carboxylic acids is 13. The van der Waals surface area contributed by atoms with Gasteiger partial charge >= 0.3 is 5.97 Å². The molecule has 1 aromatic heterocycles. The van der Waals surface area contributed by atoms with Gasteiger partial charge in [0, 0.05) is 92.8 Å². The highest BCUT2D eigenvalue weighted by atomic mass is 33.1. The number of aliphatic hydroxyl groups is 2. The molecule has 23 N–H and O–H groups in total. The molecule has 0 spiro atoms. The first-order valence-corrected chi connectivity index (χ1v) is 43.3. The zero-order chi connectivity index (χ0) is 88.2. The molecule has 13 amide bonds. The lowest BCUT2D eigenvalue weighted by atomic mass is 9.99. The second-order valence-corrected chi connectivity index (χ2v) is 33.1. The molecule has 37 heteroatoms. The molecule has 0 aliphatic carbocycles. The fourth-order valence-electron chi connectivity index (χ4n) is 13.5. The average molecular weight is 1730 g/mol. The molecule has 0 saturated carbocycles. The van der Waals surface area contributed by atoms with Crippen LogP contribution in [0.1, 0.15) is 118 Å². The Kier molecular flexibility index (Phi) is 38.9. The van der Waals surface area contributed by atoms with Crippen molar-refractivity contribution in [3.8, 4) is 5.75 Å². The van der Waals surface area contributed by atoms with Crippen molar-refractivity contribution in [1.82, 2.24) is 79.4 Å². The van der Waals surface area contributed by atoms with Crippen molar-refractivity contribution in [3.63, 3.8) is 0 Å². The van der Waals surface area contributed by atoms with Crippen LogP contribution in [-0.4, -0.2) is 231 Å². The summed E-state index contributed by atoms with van der Waals surface area (Å²) in [5, 5.41) is 81.4. The molecular weight excluding hydrogens is 1610 g/mol. The van der Waals surface area contributed by atoms with E-state index in [1.54, 1.807) is 115 Å². The number of benzene rings is 5. The number of phenols is 1. The predicted molar refractivity (Wildman–Crippen MR) is 458 cm³/mol. The van der Waals surface area contributed by atoms with Gasteiger partial charge in [0.1, 0.15) is 72.2 Å². The number of aromatic nitrogens is 1. The summed E-state index contributed by atoms with van der Waals surface area (Å²) in [6.45, 7) is 4.57. The van der Waals surface area contributed by atoms with Crippen LogP contribution in [0, 0.1) is 0 Å². The van der Waals surface area contributed by atoms with Crippen LogP contribution in [0.25, 0.3) is 10.9 Å². The maximum Gasteiger partial charge on any atom is 0.327 e. The number of carboxylic acids is 1. The molecule has 0 radical (unpaired) electrons. The maximum atomic E-state index is 15.7. The smallest absolute Gasteiger partial charge is 0.327 e. The molecule has 2 bridgehead atoms. The highest BCUT2D eigenvalue weighted by molar-refractivity contribution is 8.76. The standard InChI is InChI=1S/C85H113N17O18S2/c1-49(2)90-44-55-28-26-54(27-29-55)42-66-81(115)102-73(50(3)104)84(118)98-65(41-52-19-8-5-9-20-52)79(113)92-62-24-13-15-37-88-71(106)25-16-38-89-72(107)35-34-63(77(111)97-67(80(114)96-66)43-56-45-91-60-22-11-10-21-58(56)60)94-78(112)64(40-51-17-6-4-7-18-51)95-75(109)61(23-12-14-36-86)93-83(117)69(100-74(108)59(87)39-53-30-32-57(105)33-31-53)47-121-122-48-70(85(119)120)101-82(116)68(46-103)99-76(62)110/h4-11,17-22,26-33,45,49-50,59,61-70,73,90-91,103-105H,12-16,23-25,34-44,46-48,86-87H2,1-3H3,(H,88,106)(H,89,107)(H,92,113)(H,93,117)(H,94,112)(H,95,109)(H,96,114)(H,97,111)(H,98,118)(H,99,110)(H,100,108)(H,101,116)(H,102,115)(H,119,120)/t50-,59+,61+,62+,63+,64+,65+,66+,67-,68+,69+,70+,73+/m1/s1. The van der Waals surface area contributed by atoms with Crippen LogP contribution in [0.15, 0.2) is 140 Å². The van der Waals surface area contributed by atoms with Gasteiger partial charge in [-0.2, -0.15) is 0 Å². The van der Waals surface area contributed by atoms with Gasteiger partial charge in [-0.1, -0.05) is 151 Å². The molecule has 3 heterocycles. The van der Waals surface area contributed by atoms with E-state index in [1.165, 1.54) is 31.2 Å². The van der Waals surface area contributed by atoms with Crippen molar-refractivity contribution < 1.29 is 87.5 Å². The van der Waals surface area contributed by atoms with E-state index in [0.29, 0.717) is 51.7 Å². The summed E-state index contributed by atoms with van der Waals surface area (Å²) in [6.07, 6.45) is -1.92. The van der Waals surface area contributed by atoms with Gasteiger partial charge in [0.15, 0.2) is 0 Å². The van der Waals surface area contributed by atoms with Crippen LogP contribution in [0.5, 0.6) is 5.75 Å². The molecule has 6 aromatic rings. The van der Waals surface area contributed by atoms with Gasteiger partial charge in [-0.25, -0.2) is 4.79 Å². The van der Waals surface area contributed by atoms with E-state index in [1.807, 2.05) is 13.8 Å². The quantitative estimate of drug-likeness (QED) is 0.0301. The van der Waals surface area contributed by atoms with Gasteiger partial charge in [0.25, 0.3) is 0 Å². The number of aromatic hydroxyl groups is 1. The number of H-pyrrole nitrogens is 1. The van der Waals surface area contributed by atoms with Gasteiger partial charge < -0.3 is 111 Å². The molecule has 13 atom stereocenters. The number of carboxylic acid groups (broad SMARTS) is 1. The largest absolute Gasteiger partial charge is 0.508 e. The Morgan fingerprint density at radius 3 is 1.59 bits per heavy atom. The maximum absolute atomic E-state index is 15.7. The fourth-order valence-corrected chi connectivity index (χ4v) is 15.8. The number of phenolic OH excluding ortho intramolecular Hbond substituents is 1. The summed E-state index contributed by atoms with van der Waals surface area (Å²) in [5.41, 5.74) is 16.3. The van der Waals surface area contributed by atoms with E-state index < -0.39 is 187 Å². The summed E-state index contributed by atoms with van der Waals surface area (Å²) in [7, 11) is 1.66. The topological polar surface area (TPSA) is 556 Å². The fraction of sp³-hybridized carbons (Fsp3) is 0.459. The Balaban J connectivity index is 1.27. The highest BCUT2D eigenvalue weighted by Gasteiger charge is 2.39. The summed E-state index contributed by atoms with van der Waals surface area (Å²) in [6, 6.07) is 16.8. The number of nitrogens with one attached hydrogen (secondary N) is 15. The first-order valence-electron chi connectivity index (χ1n) is 40.9. The Morgan fingerprint density at radius 2 is 0.992 bits per heavy atom. The van der Waals surface area contributed by atoms with Crippen LogP contribution in [0.4, 0.5) is 0 Å². The predicted octanol–water partition coefficient (Wildman–Crippen LogP) is -0.497. The van der Waals surface area contributed by atoms with E-state index in [9.17, 15) is 54.0 Å². The van der Waals surface area contributed by atoms with Gasteiger partial charge in [0.05, 0.1) is 18.8 Å². The number of para-hydroxylation sites is 1. The molecule has 8 rings (SSSR count). The van der Waals surface area contributed by atoms with E-state index in [-0.39, 0.29) is 114 Å². The average Bonchev–Trinajstić information content (AvgIpc) is 1.60. The molecular formula is C85H113N17O18S2. The number of aliphatic hydroxyl groups excluding tert-OH is 2. The van der Waals surface area contributed by atoms with Crippen LogP contribution < -0.4 is 85.9 Å². The molecule has 2 aliphatic heterocycles. The third kappa shape index (κ3) is 31.5. The first kappa shape index (κ1) is 96.0. The van der Waals surface area contributed by atoms with E-state index in [2.05, 4.69) is 79.4 Å². The van der Waals surface area contributed by atoms with E-state index >= 15 is 33.6 Å². The van der Waals surface area contributed by atoms with E-state index in [0.717, 1.165) is 27.2 Å². The van der Waals surface area contributed by atoms with Gasteiger partial charge in [-0.05, 0) is 123 Å². The minimum absolute atomic E-state index is 0.0212. The minimum Gasteiger partial charge on any atom is -0.508 e. The van der Waals surface area contributed by atoms with Gasteiger partial charge in [-0.15, -0.1) is 0 Å². The third-order valence-electron chi connectivity index (χ3n) is 20.4. The molecule has 122 heavy (non-hydrogen) atoms. The number of hydrogen-bond donors (Lipinski definition) is 21. The van der Waals surface area contributed by atoms with Crippen molar-refractivity contribution in [1.29, 1.82) is 0 Å². The van der Waals surface area contributed by atoms with Crippen molar-refractivity contribution >= 4 is 115 Å². The molecule has 5 aromatic carbocycles. The van der Waals surface area contributed by atoms with Crippen molar-refractivity contribution in [2.75, 3.05) is 37.7 Å². The Morgan fingerprint density at radius 1 is 0.500 bits per heavy atom. The number of aromatic amines is 1. The summed E-state index contributed by atoms with van der Waals surface area (Å²) < 4.78 is 0. The number of rotatable bonds is 22. The van der Waals surface area contributed by atoms with Crippen LogP contribution in [-0.2, 0) is 106 Å². The van der Waals surface area contributed by atoms with Crippen molar-refractivity contribution in [2.24, 2.45) is 11.5 Å². The molecule has 658 valence electrons. The summed E-state index contributed by atoms with van der Waals surface area (Å²) in [5.74, 6) is -14.9. The zero-order valence-corrected chi connectivity index (χ0v) is 70.0. The normalized spacial score (nSPS) is 23.4. The SMILES string of the molecule is CC(C)NCc1ccc(C[C@@H]2NC(=O)[C@@H](Cc3c[nH]c4ccccc34)NC(=O)[C@@H]3CCC(=O)NCCCC(=O)NCCCC[C@H](NC(=O)[C@H](Cc4ccccc4)NC(=O)[C@H]([C@@H](C)O)NC2=O)C(=O)N[C@@H](CO)C(=O)N[C@H](C(=O)O)CSSC[C@H](NC(=O)[C@@H](N)Cc2ccc(O)cc2)C(=O)N[C@@H](CCCCN)C(=O)N[C@@H](Cc2ccccc2)C(=O)N3)cc1. The second kappa shape index (κ2) is 49.4. The number of unbranched alkanes of at least 4 members (excludes halogenated alkanes) is 1. The molecule has 2 saturated heterocycles. The number of amides is 13. The van der Waals surface area contributed by atoms with Gasteiger partial charge in [0.2, 0.25) is 76.8 Å². The molecule has 2 aliphatic rings. The van der Waals surface area contributed by atoms with Gasteiger partial charge in [-0.3, -0.25) is 62.3 Å². The molecule has 0 unspecified atom stereocenters. The Hall–Kier alpha value is -11.5. The van der Waals surface area contributed by atoms with Crippen molar-refractivity contribution in [3.05, 3.63) is 173 Å². The van der Waals surface area contributed by atoms with Crippen molar-refractivity contribution in [2.45, 2.75) is 208 Å². The lowest BCUT2D eigenvalue weighted by Gasteiger charge is -2.29. The monoisotopic (exact) mass is 1720 g/mol.